The number of hydrogen-bond acceptors (Lipinski definition) is 4. The number of carbonyl (C=O) groups excluding carboxylic acids is 1. The lowest BCUT2D eigenvalue weighted by molar-refractivity contribution is -0.127. The molecule has 1 heterocycles. The van der Waals surface area contributed by atoms with Crippen LogP contribution in [0.3, 0.4) is 0 Å². The summed E-state index contributed by atoms with van der Waals surface area (Å²) in [6.45, 7) is 3.59. The Kier molecular flexibility index (Phi) is 4.71. The minimum absolute atomic E-state index is 0.0424. The van der Waals surface area contributed by atoms with Gasteiger partial charge >= 0.3 is 0 Å². The Labute approximate surface area is 137 Å². The van der Waals surface area contributed by atoms with Crippen molar-refractivity contribution < 1.29 is 9.90 Å². The topological polar surface area (TPSA) is 80.0 Å². The summed E-state index contributed by atoms with van der Waals surface area (Å²) in [5.41, 5.74) is 0.561. The normalized spacial score (nSPS) is 21.8. The molecule has 0 saturated heterocycles. The summed E-state index contributed by atoms with van der Waals surface area (Å²) in [4.78, 5) is 12.0. The minimum atomic E-state index is -0.775. The van der Waals surface area contributed by atoms with E-state index in [1.165, 1.54) is 19.3 Å². The lowest BCUT2D eigenvalue weighted by Crippen LogP contribution is -2.38. The van der Waals surface area contributed by atoms with Gasteiger partial charge in [0.05, 0.1) is 17.7 Å². The third-order valence-corrected chi connectivity index (χ3v) is 5.32. The summed E-state index contributed by atoms with van der Waals surface area (Å²) in [5.74, 6) is -0.0424. The smallest absolute Gasteiger partial charge is 0.222 e. The van der Waals surface area contributed by atoms with E-state index < -0.39 is 5.60 Å². The van der Waals surface area contributed by atoms with E-state index in [0.29, 0.717) is 6.54 Å². The van der Waals surface area contributed by atoms with Crippen molar-refractivity contribution in [1.29, 1.82) is 0 Å². The van der Waals surface area contributed by atoms with Crippen LogP contribution in [0.5, 0.6) is 0 Å². The van der Waals surface area contributed by atoms with Crippen LogP contribution in [-0.4, -0.2) is 38.2 Å². The molecular weight excluding hydrogens is 292 g/mol. The fourth-order valence-electron chi connectivity index (χ4n) is 3.34. The highest BCUT2D eigenvalue weighted by Gasteiger charge is 2.41. The number of aliphatic hydroxyl groups is 1. The maximum absolute atomic E-state index is 12.0. The van der Waals surface area contributed by atoms with Gasteiger partial charge in [0.15, 0.2) is 0 Å². The second-order valence-corrected chi connectivity index (χ2v) is 7.59. The molecule has 0 aromatic carbocycles. The second-order valence-electron chi connectivity index (χ2n) is 7.59. The van der Waals surface area contributed by atoms with Gasteiger partial charge in [-0.05, 0) is 32.1 Å². The van der Waals surface area contributed by atoms with Crippen LogP contribution in [0.25, 0.3) is 0 Å². The average Bonchev–Trinajstić information content (AvgIpc) is 3.08. The molecule has 6 nitrogen and oxygen atoms in total. The van der Waals surface area contributed by atoms with Crippen LogP contribution in [0.1, 0.15) is 70.4 Å². The van der Waals surface area contributed by atoms with Gasteiger partial charge in [-0.25, -0.2) is 0 Å². The number of hydrogen-bond donors (Lipinski definition) is 2. The molecule has 2 aliphatic carbocycles. The molecule has 1 aromatic rings. The number of aromatic nitrogens is 3. The highest BCUT2D eigenvalue weighted by Crippen LogP contribution is 2.46. The Morgan fingerprint density at radius 1 is 1.30 bits per heavy atom. The van der Waals surface area contributed by atoms with Crippen LogP contribution in [-0.2, 0) is 16.8 Å². The van der Waals surface area contributed by atoms with Crippen molar-refractivity contribution in [3.05, 3.63) is 11.9 Å². The molecular formula is C17H28N4O2. The highest BCUT2D eigenvalue weighted by molar-refractivity contribution is 5.76. The summed E-state index contributed by atoms with van der Waals surface area (Å²) in [6.07, 6.45) is 10.2. The molecule has 23 heavy (non-hydrogen) atoms. The van der Waals surface area contributed by atoms with Crippen LogP contribution < -0.4 is 5.32 Å². The molecule has 3 rings (SSSR count). The first-order chi connectivity index (χ1) is 11.0. The van der Waals surface area contributed by atoms with Crippen LogP contribution in [0.4, 0.5) is 0 Å². The van der Waals surface area contributed by atoms with Crippen molar-refractivity contribution in [1.82, 2.24) is 20.3 Å². The van der Waals surface area contributed by atoms with E-state index in [1.807, 2.05) is 10.9 Å². The predicted octanol–water partition coefficient (Wildman–Crippen LogP) is 1.92. The molecule has 0 aliphatic heterocycles. The third kappa shape index (κ3) is 4.31. The van der Waals surface area contributed by atoms with E-state index in [9.17, 15) is 9.90 Å². The summed E-state index contributed by atoms with van der Waals surface area (Å²) in [6, 6.07) is 0. The van der Waals surface area contributed by atoms with Gasteiger partial charge in [0.2, 0.25) is 5.91 Å². The van der Waals surface area contributed by atoms with Gasteiger partial charge in [0, 0.05) is 24.7 Å². The van der Waals surface area contributed by atoms with Crippen molar-refractivity contribution in [3.8, 4) is 0 Å². The first kappa shape index (κ1) is 16.4. The fourth-order valence-corrected chi connectivity index (χ4v) is 3.34. The monoisotopic (exact) mass is 320 g/mol. The standard InChI is InChI=1S/C17H28N4O2/c1-16(8-9-16)14-13-21(20-19-14)11-5-10-18-15(22)12-17(23)6-3-2-4-7-17/h13,23H,2-12H2,1H3,(H,18,22). The van der Waals surface area contributed by atoms with Crippen molar-refractivity contribution in [2.45, 2.75) is 82.3 Å². The number of nitrogens with zero attached hydrogens (tertiary/aromatic N) is 3. The lowest BCUT2D eigenvalue weighted by atomic mass is 9.82. The van der Waals surface area contributed by atoms with Crippen LogP contribution in [0.15, 0.2) is 6.20 Å². The Morgan fingerprint density at radius 3 is 2.74 bits per heavy atom. The SMILES string of the molecule is CC1(c2cn(CCCNC(=O)CC3(O)CCCCC3)nn2)CC1. The second kappa shape index (κ2) is 6.59. The largest absolute Gasteiger partial charge is 0.389 e. The van der Waals surface area contributed by atoms with E-state index in [2.05, 4.69) is 22.6 Å². The molecule has 0 spiro atoms. The predicted molar refractivity (Wildman–Crippen MR) is 86.9 cm³/mol. The van der Waals surface area contributed by atoms with E-state index in [1.54, 1.807) is 0 Å². The Morgan fingerprint density at radius 2 is 2.04 bits per heavy atom. The molecule has 6 heteroatoms. The zero-order chi connectivity index (χ0) is 16.3. The quantitative estimate of drug-likeness (QED) is 0.752. The fraction of sp³-hybridized carbons (Fsp3) is 0.824. The molecule has 2 saturated carbocycles. The summed E-state index contributed by atoms with van der Waals surface area (Å²) in [5, 5.41) is 21.7. The molecule has 0 bridgehead atoms. The van der Waals surface area contributed by atoms with E-state index >= 15 is 0 Å². The molecule has 1 aromatic heterocycles. The van der Waals surface area contributed by atoms with Gasteiger partial charge in [-0.3, -0.25) is 9.48 Å². The maximum atomic E-state index is 12.0. The van der Waals surface area contributed by atoms with Gasteiger partial charge in [0.1, 0.15) is 0 Å². The number of rotatable bonds is 7. The first-order valence-corrected chi connectivity index (χ1v) is 8.89. The Hall–Kier alpha value is -1.43. The zero-order valence-corrected chi connectivity index (χ0v) is 14.1. The molecule has 0 atom stereocenters. The van der Waals surface area contributed by atoms with Crippen molar-refractivity contribution >= 4 is 5.91 Å². The average molecular weight is 320 g/mol. The minimum Gasteiger partial charge on any atom is -0.389 e. The first-order valence-electron chi connectivity index (χ1n) is 8.89. The summed E-state index contributed by atoms with van der Waals surface area (Å²) in [7, 11) is 0. The van der Waals surface area contributed by atoms with Crippen LogP contribution in [0.2, 0.25) is 0 Å². The van der Waals surface area contributed by atoms with Gasteiger partial charge < -0.3 is 10.4 Å². The summed E-state index contributed by atoms with van der Waals surface area (Å²) >= 11 is 0. The van der Waals surface area contributed by atoms with Crippen molar-refractivity contribution in [3.63, 3.8) is 0 Å². The molecule has 128 valence electrons. The van der Waals surface area contributed by atoms with Crippen LogP contribution >= 0.6 is 0 Å². The molecule has 2 N–H and O–H groups in total. The zero-order valence-electron chi connectivity index (χ0n) is 14.1. The van der Waals surface area contributed by atoms with Gasteiger partial charge in [-0.1, -0.05) is 31.4 Å². The van der Waals surface area contributed by atoms with E-state index in [4.69, 9.17) is 0 Å². The number of carbonyl (C=O) groups is 1. The third-order valence-electron chi connectivity index (χ3n) is 5.32. The van der Waals surface area contributed by atoms with Crippen LogP contribution in [0, 0.1) is 0 Å². The van der Waals surface area contributed by atoms with Gasteiger partial charge in [0.25, 0.3) is 0 Å². The van der Waals surface area contributed by atoms with E-state index in [0.717, 1.165) is 44.3 Å². The number of aryl methyl sites for hydroxylation is 1. The Balaban J connectivity index is 1.34. The molecule has 0 unspecified atom stereocenters. The number of amides is 1. The molecule has 0 radical (unpaired) electrons. The maximum Gasteiger partial charge on any atom is 0.222 e. The molecule has 2 aliphatic rings. The van der Waals surface area contributed by atoms with Gasteiger partial charge in [-0.15, -0.1) is 5.10 Å². The van der Waals surface area contributed by atoms with Crippen molar-refractivity contribution in [2.24, 2.45) is 0 Å². The van der Waals surface area contributed by atoms with Gasteiger partial charge in [-0.2, -0.15) is 0 Å². The molecule has 2 fully saturated rings. The summed E-state index contributed by atoms with van der Waals surface area (Å²) < 4.78 is 1.86. The van der Waals surface area contributed by atoms with E-state index in [-0.39, 0.29) is 17.7 Å². The Bertz CT molecular complexity index is 545. The number of nitrogens with one attached hydrogen (secondary N) is 1. The molecule has 1 amide bonds. The highest BCUT2D eigenvalue weighted by atomic mass is 16.3. The van der Waals surface area contributed by atoms with Crippen molar-refractivity contribution in [2.75, 3.05) is 6.54 Å². The lowest BCUT2D eigenvalue weighted by Gasteiger charge is -2.31.